The van der Waals surface area contributed by atoms with Gasteiger partial charge in [-0.05, 0) is 60.9 Å². The fourth-order valence-electron chi connectivity index (χ4n) is 3.90. The third kappa shape index (κ3) is 2.71. The molecular weight excluding hydrogens is 348 g/mol. The second-order valence-corrected chi connectivity index (χ2v) is 8.94. The molecular formula is C24H24N2O2. The Balaban J connectivity index is 1.43. The molecule has 4 aromatic rings. The number of nitrogens with one attached hydrogen (secondary N) is 2. The lowest BCUT2D eigenvalue weighted by Gasteiger charge is -2.16. The van der Waals surface area contributed by atoms with Gasteiger partial charge in [-0.25, -0.2) is 0 Å². The monoisotopic (exact) mass is 372 g/mol. The average Bonchev–Trinajstić information content (AvgIpc) is 3.13. The first-order chi connectivity index (χ1) is 13.3. The molecule has 4 nitrogen and oxygen atoms in total. The van der Waals surface area contributed by atoms with Crippen LogP contribution in [0.2, 0.25) is 0 Å². The number of hydrogen-bond donors (Lipinski definition) is 2. The molecule has 0 bridgehead atoms. The van der Waals surface area contributed by atoms with E-state index in [1.165, 1.54) is 5.69 Å². The summed E-state index contributed by atoms with van der Waals surface area (Å²) in [4.78, 5) is 16.6. The SMILES string of the molecule is CC(C)(C)c1cc2cc(NC(=O)C3(c4ccc5occc5c4)CC3)ccc2[nH]1. The van der Waals surface area contributed by atoms with Crippen LogP contribution < -0.4 is 5.32 Å². The highest BCUT2D eigenvalue weighted by Gasteiger charge is 2.51. The first-order valence-electron chi connectivity index (χ1n) is 9.78. The molecule has 2 N–H and O–H groups in total. The molecule has 0 saturated heterocycles. The highest BCUT2D eigenvalue weighted by Crippen LogP contribution is 2.49. The summed E-state index contributed by atoms with van der Waals surface area (Å²) in [5.74, 6) is 0.0706. The summed E-state index contributed by atoms with van der Waals surface area (Å²) >= 11 is 0. The van der Waals surface area contributed by atoms with E-state index < -0.39 is 5.41 Å². The number of H-pyrrole nitrogens is 1. The summed E-state index contributed by atoms with van der Waals surface area (Å²) in [7, 11) is 0. The van der Waals surface area contributed by atoms with Gasteiger partial charge < -0.3 is 14.7 Å². The number of carbonyl (C=O) groups excluding carboxylic acids is 1. The smallest absolute Gasteiger partial charge is 0.235 e. The molecule has 1 saturated carbocycles. The van der Waals surface area contributed by atoms with Gasteiger partial charge in [0.15, 0.2) is 0 Å². The number of furan rings is 1. The zero-order valence-corrected chi connectivity index (χ0v) is 16.4. The van der Waals surface area contributed by atoms with E-state index in [1.54, 1.807) is 6.26 Å². The molecule has 4 heteroatoms. The zero-order valence-electron chi connectivity index (χ0n) is 16.4. The maximum absolute atomic E-state index is 13.1. The Kier molecular flexibility index (Phi) is 3.51. The van der Waals surface area contributed by atoms with E-state index in [0.29, 0.717) is 0 Å². The van der Waals surface area contributed by atoms with E-state index >= 15 is 0 Å². The van der Waals surface area contributed by atoms with Gasteiger partial charge in [0.1, 0.15) is 5.58 Å². The van der Waals surface area contributed by atoms with Crippen LogP contribution in [-0.2, 0) is 15.6 Å². The van der Waals surface area contributed by atoms with Gasteiger partial charge in [0.2, 0.25) is 5.91 Å². The molecule has 0 atom stereocenters. The minimum absolute atomic E-state index is 0.0617. The van der Waals surface area contributed by atoms with E-state index in [1.807, 2.05) is 36.4 Å². The third-order valence-electron chi connectivity index (χ3n) is 5.88. The molecule has 1 aliphatic rings. The van der Waals surface area contributed by atoms with Crippen molar-refractivity contribution >= 4 is 33.5 Å². The predicted molar refractivity (Wildman–Crippen MR) is 113 cm³/mol. The number of amides is 1. The number of hydrogen-bond acceptors (Lipinski definition) is 2. The summed E-state index contributed by atoms with van der Waals surface area (Å²) in [6, 6.07) is 16.2. The fraction of sp³-hybridized carbons (Fsp3) is 0.292. The molecule has 142 valence electrons. The van der Waals surface area contributed by atoms with Gasteiger partial charge in [0, 0.05) is 33.1 Å². The Labute approximate surface area is 163 Å². The first kappa shape index (κ1) is 17.1. The van der Waals surface area contributed by atoms with E-state index in [9.17, 15) is 4.79 Å². The summed E-state index contributed by atoms with van der Waals surface area (Å²) < 4.78 is 5.43. The summed E-state index contributed by atoms with van der Waals surface area (Å²) in [5, 5.41) is 5.31. The molecule has 0 radical (unpaired) electrons. The van der Waals surface area contributed by atoms with Gasteiger partial charge in [0.05, 0.1) is 11.7 Å². The Bertz CT molecular complexity index is 1200. The van der Waals surface area contributed by atoms with Crippen LogP contribution in [-0.4, -0.2) is 10.9 Å². The highest BCUT2D eigenvalue weighted by atomic mass is 16.3. The van der Waals surface area contributed by atoms with Crippen LogP contribution in [0.3, 0.4) is 0 Å². The molecule has 0 spiro atoms. The van der Waals surface area contributed by atoms with Crippen LogP contribution in [0, 0.1) is 0 Å². The number of anilines is 1. The molecule has 2 aromatic heterocycles. The minimum atomic E-state index is -0.421. The molecule has 1 aliphatic carbocycles. The lowest BCUT2D eigenvalue weighted by atomic mass is 9.92. The number of fused-ring (bicyclic) bond motifs is 2. The van der Waals surface area contributed by atoms with Crippen molar-refractivity contribution in [1.82, 2.24) is 4.98 Å². The van der Waals surface area contributed by atoms with Crippen molar-refractivity contribution in [3.8, 4) is 0 Å². The number of aromatic nitrogens is 1. The molecule has 2 heterocycles. The Morgan fingerprint density at radius 3 is 2.61 bits per heavy atom. The highest BCUT2D eigenvalue weighted by molar-refractivity contribution is 6.03. The maximum Gasteiger partial charge on any atom is 0.235 e. The first-order valence-corrected chi connectivity index (χ1v) is 9.78. The molecule has 1 fully saturated rings. The van der Waals surface area contributed by atoms with Gasteiger partial charge >= 0.3 is 0 Å². The van der Waals surface area contributed by atoms with Crippen molar-refractivity contribution in [3.05, 3.63) is 66.1 Å². The van der Waals surface area contributed by atoms with E-state index in [-0.39, 0.29) is 11.3 Å². The minimum Gasteiger partial charge on any atom is -0.464 e. The van der Waals surface area contributed by atoms with Gasteiger partial charge in [-0.3, -0.25) is 4.79 Å². The Hall–Kier alpha value is -3.01. The Morgan fingerprint density at radius 1 is 1.04 bits per heavy atom. The fourth-order valence-corrected chi connectivity index (χ4v) is 3.90. The van der Waals surface area contributed by atoms with E-state index in [4.69, 9.17) is 4.42 Å². The average molecular weight is 372 g/mol. The van der Waals surface area contributed by atoms with Gasteiger partial charge in [0.25, 0.3) is 0 Å². The molecule has 1 amide bonds. The number of benzene rings is 2. The second kappa shape index (κ2) is 5.74. The second-order valence-electron chi connectivity index (χ2n) is 8.94. The lowest BCUT2D eigenvalue weighted by Crippen LogP contribution is -2.27. The van der Waals surface area contributed by atoms with Gasteiger partial charge in [-0.15, -0.1) is 0 Å². The van der Waals surface area contributed by atoms with Crippen LogP contribution in [0.25, 0.3) is 21.9 Å². The molecule has 28 heavy (non-hydrogen) atoms. The van der Waals surface area contributed by atoms with Crippen molar-refractivity contribution in [2.75, 3.05) is 5.32 Å². The molecule has 0 aliphatic heterocycles. The van der Waals surface area contributed by atoms with E-state index in [0.717, 1.165) is 46.0 Å². The number of rotatable bonds is 3. The predicted octanol–water partition coefficient (Wildman–Crippen LogP) is 5.88. The summed E-state index contributed by atoms with van der Waals surface area (Å²) in [6.07, 6.45) is 3.44. The normalized spacial score (nSPS) is 15.8. The molecule has 0 unspecified atom stereocenters. The standard InChI is InChI=1S/C24H24N2O2/c1-23(2,3)21-14-16-13-18(5-6-19(16)26-21)25-22(27)24(9-10-24)17-4-7-20-15(12-17)8-11-28-20/h4-8,11-14,26H,9-10H2,1-3H3,(H,25,27). The van der Waals surface area contributed by atoms with Crippen LogP contribution in [0.15, 0.2) is 59.2 Å². The van der Waals surface area contributed by atoms with E-state index in [2.05, 4.69) is 43.2 Å². The largest absolute Gasteiger partial charge is 0.464 e. The van der Waals surface area contributed by atoms with Crippen molar-refractivity contribution in [2.24, 2.45) is 0 Å². The van der Waals surface area contributed by atoms with Crippen LogP contribution in [0.4, 0.5) is 5.69 Å². The van der Waals surface area contributed by atoms with Gasteiger partial charge in [-0.1, -0.05) is 26.8 Å². The maximum atomic E-state index is 13.1. The Morgan fingerprint density at radius 2 is 1.86 bits per heavy atom. The summed E-state index contributed by atoms with van der Waals surface area (Å²) in [5.41, 5.74) is 4.69. The lowest BCUT2D eigenvalue weighted by molar-refractivity contribution is -0.118. The van der Waals surface area contributed by atoms with Crippen LogP contribution >= 0.6 is 0 Å². The molecule has 5 rings (SSSR count). The van der Waals surface area contributed by atoms with Crippen molar-refractivity contribution in [1.29, 1.82) is 0 Å². The number of carbonyl (C=O) groups is 1. The number of aromatic amines is 1. The van der Waals surface area contributed by atoms with Crippen molar-refractivity contribution < 1.29 is 9.21 Å². The topological polar surface area (TPSA) is 58.0 Å². The van der Waals surface area contributed by atoms with Crippen LogP contribution in [0.5, 0.6) is 0 Å². The van der Waals surface area contributed by atoms with Crippen LogP contribution in [0.1, 0.15) is 44.9 Å². The van der Waals surface area contributed by atoms with Crippen molar-refractivity contribution in [3.63, 3.8) is 0 Å². The summed E-state index contributed by atoms with van der Waals surface area (Å²) in [6.45, 7) is 6.57. The van der Waals surface area contributed by atoms with Crippen molar-refractivity contribution in [2.45, 2.75) is 44.4 Å². The molecule has 2 aromatic carbocycles. The third-order valence-corrected chi connectivity index (χ3v) is 5.88. The van der Waals surface area contributed by atoms with Gasteiger partial charge in [-0.2, -0.15) is 0 Å². The quantitative estimate of drug-likeness (QED) is 0.472. The zero-order chi connectivity index (χ0) is 19.5.